The number of benzene rings is 2. The molecule has 1 N–H and O–H groups in total. The smallest absolute Gasteiger partial charge is 0.119 e. The van der Waals surface area contributed by atoms with E-state index in [0.29, 0.717) is 26.2 Å². The van der Waals surface area contributed by atoms with E-state index in [1.165, 1.54) is 22.4 Å². The van der Waals surface area contributed by atoms with Gasteiger partial charge in [-0.05, 0) is 70.1 Å². The number of hydrogen-bond donors (Lipinski definition) is 1. The minimum absolute atomic E-state index is 0.458. The van der Waals surface area contributed by atoms with Crippen LogP contribution in [0, 0.1) is 20.8 Å². The van der Waals surface area contributed by atoms with Crippen LogP contribution in [0.1, 0.15) is 41.4 Å². The second-order valence-electron chi connectivity index (χ2n) is 8.63. The van der Waals surface area contributed by atoms with E-state index < -0.39 is 6.10 Å². The second-order valence-corrected chi connectivity index (χ2v) is 8.63. The van der Waals surface area contributed by atoms with Gasteiger partial charge in [0.1, 0.15) is 11.5 Å². The Bertz CT molecular complexity index is 1010. The summed E-state index contributed by atoms with van der Waals surface area (Å²) in [4.78, 5) is 2.15. The molecule has 1 unspecified atom stereocenters. The Labute approximate surface area is 197 Å². The van der Waals surface area contributed by atoms with Crippen molar-refractivity contribution in [1.29, 1.82) is 0 Å². The molecule has 0 aliphatic carbocycles. The lowest BCUT2D eigenvalue weighted by atomic mass is 10.1. The summed E-state index contributed by atoms with van der Waals surface area (Å²) in [5.74, 6) is 1.62. The topological polar surface area (TPSA) is 59.8 Å². The monoisotopic (exact) mass is 451 g/mol. The van der Waals surface area contributed by atoms with E-state index in [4.69, 9.17) is 14.6 Å². The van der Waals surface area contributed by atoms with Crippen molar-refractivity contribution in [2.75, 3.05) is 26.8 Å². The van der Waals surface area contributed by atoms with Crippen LogP contribution in [0.2, 0.25) is 0 Å². The molecule has 0 amide bonds. The molecule has 1 heterocycles. The lowest BCUT2D eigenvalue weighted by Crippen LogP contribution is -2.30. The van der Waals surface area contributed by atoms with Crippen molar-refractivity contribution in [3.05, 3.63) is 76.6 Å². The Balaban J connectivity index is 1.48. The maximum Gasteiger partial charge on any atom is 0.119 e. The third-order valence-corrected chi connectivity index (χ3v) is 5.92. The van der Waals surface area contributed by atoms with Crippen molar-refractivity contribution in [3.8, 4) is 11.5 Å². The van der Waals surface area contributed by atoms with Gasteiger partial charge in [0, 0.05) is 30.8 Å². The van der Waals surface area contributed by atoms with Crippen molar-refractivity contribution in [3.63, 3.8) is 0 Å². The first-order chi connectivity index (χ1) is 15.9. The molecule has 1 atom stereocenters. The molecule has 6 nitrogen and oxygen atoms in total. The van der Waals surface area contributed by atoms with Crippen LogP contribution in [0.5, 0.6) is 11.5 Å². The number of aliphatic hydroxyl groups is 1. The molecule has 0 aliphatic heterocycles. The molecule has 33 heavy (non-hydrogen) atoms. The standard InChI is InChI=1S/C27H37N3O3/c1-6-32-25-11-13-26(14-12-25)33-16-15-24(31)18-29(5)19-27-21(3)28-30(22(27)4)17-23-10-8-7-9-20(23)2/h7-14,24,31H,6,15-19H2,1-5H3. The van der Waals surface area contributed by atoms with Crippen molar-refractivity contribution >= 4 is 0 Å². The molecular weight excluding hydrogens is 414 g/mol. The zero-order valence-corrected chi connectivity index (χ0v) is 20.5. The summed E-state index contributed by atoms with van der Waals surface area (Å²) in [5.41, 5.74) is 6.01. The molecule has 0 saturated heterocycles. The number of nitrogens with zero attached hydrogens (tertiary/aromatic N) is 3. The average molecular weight is 452 g/mol. The molecule has 3 aromatic rings. The quantitative estimate of drug-likeness (QED) is 0.439. The molecule has 178 valence electrons. The van der Waals surface area contributed by atoms with Gasteiger partial charge in [0.25, 0.3) is 0 Å². The summed E-state index contributed by atoms with van der Waals surface area (Å²) < 4.78 is 13.3. The predicted octanol–water partition coefficient (Wildman–Crippen LogP) is 4.52. The van der Waals surface area contributed by atoms with Crippen LogP contribution in [0.3, 0.4) is 0 Å². The fourth-order valence-electron chi connectivity index (χ4n) is 3.96. The maximum absolute atomic E-state index is 10.5. The van der Waals surface area contributed by atoms with Crippen LogP contribution >= 0.6 is 0 Å². The van der Waals surface area contributed by atoms with E-state index in [9.17, 15) is 5.11 Å². The molecule has 0 fully saturated rings. The van der Waals surface area contributed by atoms with Crippen LogP contribution < -0.4 is 9.47 Å². The van der Waals surface area contributed by atoms with E-state index >= 15 is 0 Å². The van der Waals surface area contributed by atoms with Crippen molar-refractivity contribution in [2.24, 2.45) is 0 Å². The maximum atomic E-state index is 10.5. The molecule has 0 aliphatic rings. The van der Waals surface area contributed by atoms with Crippen molar-refractivity contribution < 1.29 is 14.6 Å². The highest BCUT2D eigenvalue weighted by Crippen LogP contribution is 2.19. The first-order valence-corrected chi connectivity index (χ1v) is 11.7. The van der Waals surface area contributed by atoms with Gasteiger partial charge in [0.2, 0.25) is 0 Å². The summed E-state index contributed by atoms with van der Waals surface area (Å²) in [6.07, 6.45) is 0.113. The van der Waals surface area contributed by atoms with Gasteiger partial charge in [-0.25, -0.2) is 0 Å². The van der Waals surface area contributed by atoms with Gasteiger partial charge in [-0.1, -0.05) is 24.3 Å². The Kier molecular flexibility index (Phi) is 8.92. The van der Waals surface area contributed by atoms with Gasteiger partial charge in [-0.15, -0.1) is 0 Å². The third-order valence-electron chi connectivity index (χ3n) is 5.92. The van der Waals surface area contributed by atoms with Crippen molar-refractivity contribution in [2.45, 2.75) is 53.3 Å². The van der Waals surface area contributed by atoms with E-state index in [-0.39, 0.29) is 0 Å². The molecular formula is C27H37N3O3. The second kappa shape index (κ2) is 11.9. The van der Waals surface area contributed by atoms with Gasteiger partial charge < -0.3 is 14.6 Å². The van der Waals surface area contributed by atoms with E-state index in [1.807, 2.05) is 38.2 Å². The molecule has 0 saturated carbocycles. The largest absolute Gasteiger partial charge is 0.494 e. The van der Waals surface area contributed by atoms with Gasteiger partial charge in [0.05, 0.1) is 31.6 Å². The van der Waals surface area contributed by atoms with Gasteiger partial charge in [0.15, 0.2) is 0 Å². The predicted molar refractivity (Wildman–Crippen MR) is 132 cm³/mol. The highest BCUT2D eigenvalue weighted by Gasteiger charge is 2.16. The summed E-state index contributed by atoms with van der Waals surface area (Å²) >= 11 is 0. The first-order valence-electron chi connectivity index (χ1n) is 11.7. The zero-order chi connectivity index (χ0) is 23.8. The van der Waals surface area contributed by atoms with Gasteiger partial charge in [-0.2, -0.15) is 5.10 Å². The van der Waals surface area contributed by atoms with Gasteiger partial charge in [-0.3, -0.25) is 9.58 Å². The summed E-state index contributed by atoms with van der Waals surface area (Å²) in [6.45, 7) is 11.5. The Morgan fingerprint density at radius 2 is 1.67 bits per heavy atom. The minimum Gasteiger partial charge on any atom is -0.494 e. The van der Waals surface area contributed by atoms with Crippen molar-refractivity contribution in [1.82, 2.24) is 14.7 Å². The average Bonchev–Trinajstić information content (AvgIpc) is 3.04. The third kappa shape index (κ3) is 7.07. The van der Waals surface area contributed by atoms with Crippen LogP contribution in [-0.2, 0) is 13.1 Å². The number of rotatable bonds is 12. The Morgan fingerprint density at radius 3 is 2.33 bits per heavy atom. The highest BCUT2D eigenvalue weighted by atomic mass is 16.5. The number of aryl methyl sites for hydroxylation is 2. The lowest BCUT2D eigenvalue weighted by Gasteiger charge is -2.21. The van der Waals surface area contributed by atoms with Crippen LogP contribution in [-0.4, -0.2) is 52.7 Å². The summed E-state index contributed by atoms with van der Waals surface area (Å²) in [5, 5.41) is 15.3. The summed E-state index contributed by atoms with van der Waals surface area (Å²) in [6, 6.07) is 16.0. The van der Waals surface area contributed by atoms with E-state index in [0.717, 1.165) is 30.3 Å². The molecule has 0 radical (unpaired) electrons. The van der Waals surface area contributed by atoms with Crippen LogP contribution in [0.4, 0.5) is 0 Å². The molecule has 0 bridgehead atoms. The Hall–Kier alpha value is -2.83. The van der Waals surface area contributed by atoms with Crippen LogP contribution in [0.15, 0.2) is 48.5 Å². The fourth-order valence-corrected chi connectivity index (χ4v) is 3.96. The van der Waals surface area contributed by atoms with Gasteiger partial charge >= 0.3 is 0 Å². The number of aromatic nitrogens is 2. The minimum atomic E-state index is -0.458. The summed E-state index contributed by atoms with van der Waals surface area (Å²) in [7, 11) is 2.04. The van der Waals surface area contributed by atoms with E-state index in [2.05, 4.69) is 54.6 Å². The zero-order valence-electron chi connectivity index (χ0n) is 20.5. The highest BCUT2D eigenvalue weighted by molar-refractivity contribution is 5.31. The number of aliphatic hydroxyl groups excluding tert-OH is 1. The molecule has 6 heteroatoms. The fraction of sp³-hybridized carbons (Fsp3) is 0.444. The first kappa shape index (κ1) is 24.8. The SMILES string of the molecule is CCOc1ccc(OCCC(O)CN(C)Cc2c(C)nn(Cc3ccccc3C)c2C)cc1. The number of hydrogen-bond acceptors (Lipinski definition) is 5. The number of ether oxygens (including phenoxy) is 2. The molecule has 0 spiro atoms. The Morgan fingerprint density at radius 1 is 1.00 bits per heavy atom. The normalized spacial score (nSPS) is 12.2. The molecule has 1 aromatic heterocycles. The number of likely N-dealkylation sites (N-methyl/N-ethyl adjacent to an activating group) is 1. The van der Waals surface area contributed by atoms with Crippen LogP contribution in [0.25, 0.3) is 0 Å². The van der Waals surface area contributed by atoms with E-state index in [1.54, 1.807) is 0 Å². The lowest BCUT2D eigenvalue weighted by molar-refractivity contribution is 0.0989. The molecule has 2 aromatic carbocycles. The molecule has 3 rings (SSSR count).